The zero-order valence-electron chi connectivity index (χ0n) is 17.9. The Balaban J connectivity index is 1.59. The molecule has 3 atom stereocenters. The number of ether oxygens (including phenoxy) is 2. The standard InChI is InChI=1S/C24H28F2N2O3/c1-30-15-24(29)27-10-9-23-21(14-27)20(19-8-5-17(25)11-22(19)26)13-28(23)12-16-3-6-18(31-2)7-4-16/h3-8,11,20-21,23H,9-10,12-15H2,1-2H3/t20-,21-,23-/m1/s1. The minimum atomic E-state index is -0.577. The summed E-state index contributed by atoms with van der Waals surface area (Å²) in [6.07, 6.45) is 0.815. The van der Waals surface area contributed by atoms with Crippen molar-refractivity contribution >= 4 is 5.91 Å². The fraction of sp³-hybridized carbons (Fsp3) is 0.458. The Hall–Kier alpha value is -2.51. The van der Waals surface area contributed by atoms with Crippen molar-refractivity contribution in [1.29, 1.82) is 0 Å². The summed E-state index contributed by atoms with van der Waals surface area (Å²) in [5.74, 6) is -0.372. The van der Waals surface area contributed by atoms with Crippen molar-refractivity contribution in [2.75, 3.05) is 40.5 Å². The molecule has 2 aliphatic rings. The van der Waals surface area contributed by atoms with E-state index in [0.717, 1.165) is 30.3 Å². The number of hydrogen-bond donors (Lipinski definition) is 0. The normalized spacial score (nSPS) is 23.6. The maximum atomic E-state index is 14.7. The number of fused-ring (bicyclic) bond motifs is 1. The maximum Gasteiger partial charge on any atom is 0.248 e. The van der Waals surface area contributed by atoms with Crippen LogP contribution in [-0.4, -0.2) is 62.2 Å². The molecule has 0 aromatic heterocycles. The lowest BCUT2D eigenvalue weighted by molar-refractivity contribution is -0.137. The van der Waals surface area contributed by atoms with Crippen LogP contribution in [0.4, 0.5) is 8.78 Å². The minimum Gasteiger partial charge on any atom is -0.497 e. The second-order valence-corrected chi connectivity index (χ2v) is 8.34. The molecule has 4 rings (SSSR count). The van der Waals surface area contributed by atoms with Gasteiger partial charge in [-0.3, -0.25) is 9.69 Å². The number of hydrogen-bond acceptors (Lipinski definition) is 4. The van der Waals surface area contributed by atoms with E-state index in [1.807, 2.05) is 29.2 Å². The van der Waals surface area contributed by atoms with Gasteiger partial charge in [-0.05, 0) is 35.7 Å². The first kappa shape index (κ1) is 21.7. The van der Waals surface area contributed by atoms with Crippen LogP contribution in [0.25, 0.3) is 0 Å². The second kappa shape index (κ2) is 9.32. The Labute approximate surface area is 181 Å². The number of carbonyl (C=O) groups excluding carboxylic acids is 1. The quantitative estimate of drug-likeness (QED) is 0.704. The van der Waals surface area contributed by atoms with Gasteiger partial charge >= 0.3 is 0 Å². The molecule has 2 fully saturated rings. The summed E-state index contributed by atoms with van der Waals surface area (Å²) in [5.41, 5.74) is 1.67. The minimum absolute atomic E-state index is 0.0442. The highest BCUT2D eigenvalue weighted by Crippen LogP contribution is 2.43. The molecular weight excluding hydrogens is 402 g/mol. The highest BCUT2D eigenvalue weighted by Gasteiger charge is 2.46. The number of methoxy groups -OCH3 is 2. The number of benzene rings is 2. The van der Waals surface area contributed by atoms with Gasteiger partial charge in [0.25, 0.3) is 0 Å². The molecule has 2 heterocycles. The van der Waals surface area contributed by atoms with Gasteiger partial charge in [0.15, 0.2) is 0 Å². The molecular formula is C24H28F2N2O3. The van der Waals surface area contributed by atoms with Crippen LogP contribution in [0.1, 0.15) is 23.5 Å². The molecule has 1 amide bonds. The lowest BCUT2D eigenvalue weighted by atomic mass is 9.81. The molecule has 0 unspecified atom stereocenters. The van der Waals surface area contributed by atoms with E-state index in [2.05, 4.69) is 4.90 Å². The Morgan fingerprint density at radius 1 is 1.10 bits per heavy atom. The zero-order valence-corrected chi connectivity index (χ0v) is 17.9. The first-order valence-electron chi connectivity index (χ1n) is 10.6. The molecule has 0 N–H and O–H groups in total. The number of halogens is 2. The fourth-order valence-corrected chi connectivity index (χ4v) is 5.06. The van der Waals surface area contributed by atoms with Crippen LogP contribution in [-0.2, 0) is 16.1 Å². The van der Waals surface area contributed by atoms with Gasteiger partial charge in [0.2, 0.25) is 5.91 Å². The van der Waals surface area contributed by atoms with Crippen LogP contribution in [0.3, 0.4) is 0 Å². The van der Waals surface area contributed by atoms with E-state index in [1.54, 1.807) is 13.2 Å². The molecule has 5 nitrogen and oxygen atoms in total. The SMILES string of the molecule is COCC(=O)N1CC[C@@H]2[C@H](C1)[C@@H](c1ccc(F)cc1F)CN2Cc1ccc(OC)cc1. The molecule has 2 aromatic rings. The largest absolute Gasteiger partial charge is 0.497 e. The Morgan fingerprint density at radius 2 is 1.87 bits per heavy atom. The van der Waals surface area contributed by atoms with Crippen LogP contribution in [0.2, 0.25) is 0 Å². The zero-order chi connectivity index (χ0) is 22.0. The van der Waals surface area contributed by atoms with Gasteiger partial charge in [-0.1, -0.05) is 18.2 Å². The van der Waals surface area contributed by atoms with E-state index in [1.165, 1.54) is 13.2 Å². The monoisotopic (exact) mass is 430 g/mol. The van der Waals surface area contributed by atoms with Crippen molar-refractivity contribution in [3.8, 4) is 5.75 Å². The number of likely N-dealkylation sites (tertiary alicyclic amines) is 2. The third-order valence-corrected chi connectivity index (χ3v) is 6.56. The average Bonchev–Trinajstić information content (AvgIpc) is 3.12. The van der Waals surface area contributed by atoms with Crippen LogP contribution in [0, 0.1) is 17.6 Å². The van der Waals surface area contributed by atoms with Crippen LogP contribution >= 0.6 is 0 Å². The molecule has 2 saturated heterocycles. The number of piperidine rings is 1. The van der Waals surface area contributed by atoms with Crippen LogP contribution < -0.4 is 4.74 Å². The van der Waals surface area contributed by atoms with Gasteiger partial charge in [-0.2, -0.15) is 0 Å². The van der Waals surface area contributed by atoms with E-state index < -0.39 is 11.6 Å². The van der Waals surface area contributed by atoms with Crippen LogP contribution in [0.15, 0.2) is 42.5 Å². The molecule has 0 bridgehead atoms. The molecule has 2 aliphatic heterocycles. The van der Waals surface area contributed by atoms with E-state index in [4.69, 9.17) is 9.47 Å². The summed E-state index contributed by atoms with van der Waals surface area (Å²) >= 11 is 0. The van der Waals surface area contributed by atoms with E-state index >= 15 is 0 Å². The van der Waals surface area contributed by atoms with E-state index in [-0.39, 0.29) is 30.4 Å². The molecule has 31 heavy (non-hydrogen) atoms. The predicted molar refractivity (Wildman–Crippen MR) is 113 cm³/mol. The number of rotatable bonds is 6. The Kier molecular flexibility index (Phi) is 6.53. The molecule has 0 saturated carbocycles. The van der Waals surface area contributed by atoms with Crippen molar-refractivity contribution in [3.05, 3.63) is 65.2 Å². The highest BCUT2D eigenvalue weighted by atomic mass is 19.1. The van der Waals surface area contributed by atoms with Crippen molar-refractivity contribution in [2.45, 2.75) is 24.9 Å². The summed E-state index contributed by atoms with van der Waals surface area (Å²) in [6, 6.07) is 12.0. The van der Waals surface area contributed by atoms with Crippen LogP contribution in [0.5, 0.6) is 5.75 Å². The molecule has 0 radical (unpaired) electrons. The molecule has 2 aromatic carbocycles. The molecule has 0 spiro atoms. The molecule has 0 aliphatic carbocycles. The fourth-order valence-electron chi connectivity index (χ4n) is 5.06. The summed E-state index contributed by atoms with van der Waals surface area (Å²) in [5, 5.41) is 0. The first-order chi connectivity index (χ1) is 15.0. The van der Waals surface area contributed by atoms with Crippen molar-refractivity contribution in [3.63, 3.8) is 0 Å². The van der Waals surface area contributed by atoms with Gasteiger partial charge in [0, 0.05) is 57.2 Å². The van der Waals surface area contributed by atoms with Gasteiger partial charge in [0.1, 0.15) is 24.0 Å². The van der Waals surface area contributed by atoms with Gasteiger partial charge < -0.3 is 14.4 Å². The predicted octanol–water partition coefficient (Wildman–Crippen LogP) is 3.44. The summed E-state index contributed by atoms with van der Waals surface area (Å²) < 4.78 is 38.5. The highest BCUT2D eigenvalue weighted by molar-refractivity contribution is 5.77. The molecule has 166 valence electrons. The summed E-state index contributed by atoms with van der Waals surface area (Å²) in [7, 11) is 3.15. The van der Waals surface area contributed by atoms with E-state index in [0.29, 0.717) is 25.2 Å². The number of carbonyl (C=O) groups is 1. The van der Waals surface area contributed by atoms with E-state index in [9.17, 15) is 13.6 Å². The van der Waals surface area contributed by atoms with Crippen molar-refractivity contribution in [1.82, 2.24) is 9.80 Å². The smallest absolute Gasteiger partial charge is 0.248 e. The topological polar surface area (TPSA) is 42.0 Å². The molecule has 7 heteroatoms. The van der Waals surface area contributed by atoms with Gasteiger partial charge in [0.05, 0.1) is 7.11 Å². The first-order valence-corrected chi connectivity index (χ1v) is 10.6. The van der Waals surface area contributed by atoms with Gasteiger partial charge in [-0.25, -0.2) is 8.78 Å². The summed E-state index contributed by atoms with van der Waals surface area (Å²) in [6.45, 7) is 2.64. The Morgan fingerprint density at radius 3 is 2.55 bits per heavy atom. The second-order valence-electron chi connectivity index (χ2n) is 8.34. The number of amides is 1. The lowest BCUT2D eigenvalue weighted by Crippen LogP contribution is -2.49. The lowest BCUT2D eigenvalue weighted by Gasteiger charge is -2.39. The van der Waals surface area contributed by atoms with Crippen molar-refractivity contribution < 1.29 is 23.0 Å². The average molecular weight is 430 g/mol. The van der Waals surface area contributed by atoms with Gasteiger partial charge in [-0.15, -0.1) is 0 Å². The summed E-state index contributed by atoms with van der Waals surface area (Å²) in [4.78, 5) is 16.6. The maximum absolute atomic E-state index is 14.7. The number of nitrogens with zero attached hydrogens (tertiary/aromatic N) is 2. The third-order valence-electron chi connectivity index (χ3n) is 6.56. The van der Waals surface area contributed by atoms with Crippen molar-refractivity contribution in [2.24, 2.45) is 5.92 Å². The Bertz CT molecular complexity index is 922. The third kappa shape index (κ3) is 4.57.